The van der Waals surface area contributed by atoms with Crippen LogP contribution in [0.2, 0.25) is 0 Å². The third-order valence-electron chi connectivity index (χ3n) is 12.5. The van der Waals surface area contributed by atoms with Crippen molar-refractivity contribution in [1.29, 1.82) is 0 Å². The number of nitrogens with one attached hydrogen (secondary N) is 1. The van der Waals surface area contributed by atoms with Crippen LogP contribution < -0.4 is 16.8 Å². The molecule has 2 fully saturated rings. The Labute approximate surface area is 468 Å². The van der Waals surface area contributed by atoms with Gasteiger partial charge in [0.15, 0.2) is 11.6 Å². The summed E-state index contributed by atoms with van der Waals surface area (Å²) < 4.78 is 94.1. The first-order valence-corrected chi connectivity index (χ1v) is 26.8. The van der Waals surface area contributed by atoms with Crippen LogP contribution in [0.3, 0.4) is 0 Å². The summed E-state index contributed by atoms with van der Waals surface area (Å²) in [4.78, 5) is 67.5. The number of nitrogens with two attached hydrogens (primary N) is 2. The summed E-state index contributed by atoms with van der Waals surface area (Å²) in [5.74, 6) is -0.937. The van der Waals surface area contributed by atoms with Crippen LogP contribution in [0.1, 0.15) is 65.6 Å². The van der Waals surface area contributed by atoms with E-state index in [1.54, 1.807) is 83.9 Å². The Balaban J connectivity index is 0.000000194. The van der Waals surface area contributed by atoms with Crippen LogP contribution in [0.5, 0.6) is 0 Å². The van der Waals surface area contributed by atoms with E-state index in [1.807, 2.05) is 0 Å². The van der Waals surface area contributed by atoms with Gasteiger partial charge in [-0.3, -0.25) is 24.4 Å². The first-order chi connectivity index (χ1) is 38.8. The first kappa shape index (κ1) is 58.9. The van der Waals surface area contributed by atoms with Crippen LogP contribution in [0.15, 0.2) is 122 Å². The number of ether oxygens (including phenoxy) is 2. The first-order valence-electron chi connectivity index (χ1n) is 25.2. The Morgan fingerprint density at radius 2 is 1.05 bits per heavy atom. The number of anilines is 2. The van der Waals surface area contributed by atoms with Gasteiger partial charge in [0, 0.05) is 94.1 Å². The number of fused-ring (bicyclic) bond motifs is 2. The molecule has 8 aromatic rings. The number of benzene rings is 2. The van der Waals surface area contributed by atoms with Gasteiger partial charge in [-0.1, -0.05) is 0 Å². The van der Waals surface area contributed by atoms with Crippen molar-refractivity contribution in [3.8, 4) is 22.5 Å². The smallest absolute Gasteiger partial charge is 0.417 e. The molecule has 0 saturated carbocycles. The second kappa shape index (κ2) is 26.8. The van der Waals surface area contributed by atoms with Crippen LogP contribution in [-0.2, 0) is 44.3 Å². The Morgan fingerprint density at radius 1 is 0.593 bits per heavy atom. The fourth-order valence-corrected chi connectivity index (χ4v) is 10.6. The molecule has 0 atom stereocenters. The summed E-state index contributed by atoms with van der Waals surface area (Å²) in [5.41, 5.74) is 12.3. The predicted octanol–water partition coefficient (Wildman–Crippen LogP) is 11.1. The molecule has 81 heavy (non-hydrogen) atoms. The second-order valence-corrected chi connectivity index (χ2v) is 20.6. The third kappa shape index (κ3) is 16.4. The molecule has 23 heteroatoms. The molecular weight excluding hydrogens is 1100 g/mol. The minimum atomic E-state index is -4.59. The van der Waals surface area contributed by atoms with Gasteiger partial charge in [-0.15, -0.1) is 22.7 Å². The van der Waals surface area contributed by atoms with Crippen LogP contribution in [0.25, 0.3) is 54.8 Å². The summed E-state index contributed by atoms with van der Waals surface area (Å²) in [5, 5.41) is 13.0. The van der Waals surface area contributed by atoms with Gasteiger partial charge in [0.05, 0.1) is 60.1 Å². The summed E-state index contributed by atoms with van der Waals surface area (Å²) in [6.45, 7) is 5.72. The van der Waals surface area contributed by atoms with Gasteiger partial charge in [0.25, 0.3) is 5.91 Å². The second-order valence-electron chi connectivity index (χ2n) is 18.4. The molecular formula is C58H52F6N8O7S2. The molecule has 10 rings (SSSR count). The molecule has 2 aliphatic heterocycles. The Kier molecular flexibility index (Phi) is 19.5. The molecule has 0 aliphatic carbocycles. The molecule has 6 N–H and O–H groups in total. The Bertz CT molecular complexity index is 3550. The van der Waals surface area contributed by atoms with Crippen molar-refractivity contribution in [2.75, 3.05) is 64.1 Å². The average Bonchev–Trinajstić information content (AvgIpc) is 4.35. The highest BCUT2D eigenvalue weighted by Crippen LogP contribution is 2.43. The number of carbonyl (C=O) groups excluding carboxylic acids is 3. The zero-order chi connectivity index (χ0) is 57.7. The van der Waals surface area contributed by atoms with Crippen molar-refractivity contribution >= 4 is 90.1 Å². The van der Waals surface area contributed by atoms with Gasteiger partial charge in [-0.25, -0.2) is 14.8 Å². The number of halogens is 6. The average molecular weight is 1150 g/mol. The maximum absolute atomic E-state index is 14.0. The van der Waals surface area contributed by atoms with Crippen LogP contribution in [0, 0.1) is 0 Å². The number of carboxylic acids is 1. The van der Waals surface area contributed by atoms with Crippen molar-refractivity contribution in [3.05, 3.63) is 165 Å². The van der Waals surface area contributed by atoms with Crippen LogP contribution in [-0.4, -0.2) is 106 Å². The standard InChI is InChI=1S/C29H25F3N4O3S.C25H18F3N3O3S.C4H9NO/c30-29(31,32)24-15-20(25-7-3-19(17-34-25)28(38)36-9-11-39-12-10-36)13-21-14-23(40-27(21)24)6-5-22(37)4-1-18-2-8-26(33)35-16-18;26-25(27,28)20-11-16(21-7-3-15(13-30-21)24(33)34)9-17-10-19(35-23(17)20)6-5-18(32)4-1-14-2-8-22(29)31-12-14;1-3-6-4-2-5-1/h1-4,7-8,13-17H,5-6,9-12H2,(H2,33,35);1-4,7-13H,5-6H2,(H2,29,31)(H,33,34);5H,1-4H2/b2*4-1+;. The number of aromatic nitrogens is 4. The lowest BCUT2D eigenvalue weighted by atomic mass is 10.0. The van der Waals surface area contributed by atoms with Crippen LogP contribution >= 0.6 is 22.7 Å². The molecule has 1 amide bonds. The minimum Gasteiger partial charge on any atom is -0.478 e. The zero-order valence-corrected chi connectivity index (χ0v) is 44.7. The summed E-state index contributed by atoms with van der Waals surface area (Å²) in [7, 11) is 0. The molecule has 0 radical (unpaired) electrons. The van der Waals surface area contributed by atoms with Gasteiger partial charge in [0.1, 0.15) is 11.6 Å². The number of alkyl halides is 6. The number of morpholine rings is 2. The molecule has 8 heterocycles. The van der Waals surface area contributed by atoms with E-state index in [9.17, 15) is 45.5 Å². The predicted molar refractivity (Wildman–Crippen MR) is 300 cm³/mol. The lowest BCUT2D eigenvalue weighted by molar-refractivity contribution is -0.137. The van der Waals surface area contributed by atoms with Gasteiger partial charge >= 0.3 is 18.3 Å². The number of nitrogen functional groups attached to an aromatic ring is 2. The van der Waals surface area contributed by atoms with E-state index in [2.05, 4.69) is 25.3 Å². The van der Waals surface area contributed by atoms with E-state index < -0.39 is 29.4 Å². The molecule has 420 valence electrons. The van der Waals surface area contributed by atoms with Crippen molar-refractivity contribution in [1.82, 2.24) is 30.2 Å². The fraction of sp³-hybridized carbons (Fsp3) is 0.241. The number of thiophene rings is 2. The molecule has 2 saturated heterocycles. The number of hydrogen-bond acceptors (Lipinski definition) is 15. The molecule has 2 aromatic carbocycles. The maximum Gasteiger partial charge on any atom is 0.417 e. The monoisotopic (exact) mass is 1150 g/mol. The fourth-order valence-electron chi connectivity index (χ4n) is 8.29. The SMILES string of the molecule is C1COCCN1.Nc1ccc(/C=C/C(=O)CCc2cc3cc(-c4ccc(C(=O)N5CCOCC5)cn4)cc(C(F)(F)F)c3s2)cn1.Nc1ccc(/C=C/C(=O)CCc2cc3cc(-c4ccc(C(=O)O)cn4)cc(C(F)(F)F)c3s2)cn1. The number of ketones is 2. The van der Waals surface area contributed by atoms with E-state index in [1.165, 1.54) is 36.7 Å². The summed E-state index contributed by atoms with van der Waals surface area (Å²) in [6, 6.07) is 21.2. The van der Waals surface area contributed by atoms with E-state index in [-0.39, 0.29) is 56.5 Å². The van der Waals surface area contributed by atoms with Crippen molar-refractivity contribution in [2.24, 2.45) is 0 Å². The summed E-state index contributed by atoms with van der Waals surface area (Å²) in [6.07, 6.45) is 3.37. The highest BCUT2D eigenvalue weighted by molar-refractivity contribution is 7.19. The van der Waals surface area contributed by atoms with E-state index in [0.29, 0.717) is 93.7 Å². The van der Waals surface area contributed by atoms with Crippen LogP contribution in [0.4, 0.5) is 38.0 Å². The number of aryl methyl sites for hydroxylation is 2. The number of rotatable bonds is 14. The number of pyridine rings is 4. The molecule has 0 spiro atoms. The van der Waals surface area contributed by atoms with E-state index in [0.717, 1.165) is 72.9 Å². The number of aromatic carboxylic acids is 1. The van der Waals surface area contributed by atoms with Crippen molar-refractivity contribution in [2.45, 2.75) is 38.0 Å². The van der Waals surface area contributed by atoms with E-state index >= 15 is 0 Å². The zero-order valence-electron chi connectivity index (χ0n) is 43.1. The summed E-state index contributed by atoms with van der Waals surface area (Å²) >= 11 is 2.03. The quantitative estimate of drug-likeness (QED) is 0.0587. The van der Waals surface area contributed by atoms with Gasteiger partial charge in [0.2, 0.25) is 0 Å². The van der Waals surface area contributed by atoms with E-state index in [4.69, 9.17) is 26.0 Å². The Hall–Kier alpha value is -8.22. The normalized spacial score (nSPS) is 13.9. The number of nitrogens with zero attached hydrogens (tertiary/aromatic N) is 5. The Morgan fingerprint density at radius 3 is 1.42 bits per heavy atom. The molecule has 0 bridgehead atoms. The van der Waals surface area contributed by atoms with Gasteiger partial charge in [-0.05, 0) is 144 Å². The number of hydrogen-bond donors (Lipinski definition) is 4. The molecule has 6 aromatic heterocycles. The largest absolute Gasteiger partial charge is 0.478 e. The highest BCUT2D eigenvalue weighted by atomic mass is 32.1. The lowest BCUT2D eigenvalue weighted by Crippen LogP contribution is -2.40. The highest BCUT2D eigenvalue weighted by Gasteiger charge is 2.35. The molecule has 2 aliphatic rings. The number of carbonyl (C=O) groups is 4. The van der Waals surface area contributed by atoms with Crippen molar-refractivity contribution in [3.63, 3.8) is 0 Å². The van der Waals surface area contributed by atoms with Crippen molar-refractivity contribution < 1.29 is 60.1 Å². The number of carboxylic acid groups (broad SMARTS) is 1. The third-order valence-corrected chi connectivity index (χ3v) is 15.0. The number of allylic oxidation sites excluding steroid dienone is 2. The topological polar surface area (TPSA) is 226 Å². The molecule has 15 nitrogen and oxygen atoms in total. The van der Waals surface area contributed by atoms with Gasteiger partial charge in [-0.2, -0.15) is 26.3 Å². The minimum absolute atomic E-state index is 0.0601. The maximum atomic E-state index is 14.0. The molecule has 0 unspecified atom stereocenters. The number of amides is 1. The van der Waals surface area contributed by atoms with Gasteiger partial charge < -0.3 is 36.3 Å². The lowest BCUT2D eigenvalue weighted by Gasteiger charge is -2.26.